The Balaban J connectivity index is 1.70. The molecule has 4 rings (SSSR count). The van der Waals surface area contributed by atoms with E-state index in [9.17, 15) is 13.2 Å². The molecule has 1 heterocycles. The highest BCUT2D eigenvalue weighted by Gasteiger charge is 2.24. The highest BCUT2D eigenvalue weighted by molar-refractivity contribution is 7.91. The monoisotopic (exact) mass is 396 g/mol. The first kappa shape index (κ1) is 18.7. The van der Waals surface area contributed by atoms with E-state index in [1.807, 2.05) is 25.1 Å². The smallest absolute Gasteiger partial charge is 0.240 e. The topological polar surface area (TPSA) is 68.2 Å². The molecule has 1 fully saturated rings. The molecule has 0 atom stereocenters. The van der Waals surface area contributed by atoms with Gasteiger partial charge in [-0.05, 0) is 38.0 Å². The fraction of sp³-hybridized carbons (Fsp3) is 0.318. The standard InChI is InChI=1S/C22H24N2O3S/c1-16-10-12-18(13-11-16)28(26,27)21-14-24(20-9-5-4-8-19(20)21)15-22(25)23-17-6-2-3-7-17/h4-5,8-14,17H,2-3,6-7,15H2,1H3,(H,23,25). The van der Waals surface area contributed by atoms with E-state index in [4.69, 9.17) is 0 Å². The van der Waals surface area contributed by atoms with Gasteiger partial charge in [0.15, 0.2) is 0 Å². The molecule has 5 nitrogen and oxygen atoms in total. The number of nitrogens with one attached hydrogen (secondary N) is 1. The van der Waals surface area contributed by atoms with Crippen LogP contribution in [-0.4, -0.2) is 24.9 Å². The molecule has 1 aromatic heterocycles. The summed E-state index contributed by atoms with van der Waals surface area (Å²) in [4.78, 5) is 13.0. The van der Waals surface area contributed by atoms with Gasteiger partial charge < -0.3 is 9.88 Å². The summed E-state index contributed by atoms with van der Waals surface area (Å²) in [5.41, 5.74) is 1.75. The van der Waals surface area contributed by atoms with E-state index in [1.165, 1.54) is 0 Å². The maximum absolute atomic E-state index is 13.2. The summed E-state index contributed by atoms with van der Waals surface area (Å²) in [6.07, 6.45) is 5.93. The molecule has 0 radical (unpaired) electrons. The minimum atomic E-state index is -3.67. The molecule has 146 valence electrons. The number of fused-ring (bicyclic) bond motifs is 1. The molecule has 6 heteroatoms. The van der Waals surface area contributed by atoms with Crippen LogP contribution in [0.2, 0.25) is 0 Å². The molecular formula is C22H24N2O3S. The van der Waals surface area contributed by atoms with Crippen molar-refractivity contribution in [3.05, 3.63) is 60.3 Å². The van der Waals surface area contributed by atoms with Gasteiger partial charge in [0.1, 0.15) is 6.54 Å². The number of hydrogen-bond donors (Lipinski definition) is 1. The quantitative estimate of drug-likeness (QED) is 0.712. The van der Waals surface area contributed by atoms with Crippen LogP contribution >= 0.6 is 0 Å². The predicted molar refractivity (Wildman–Crippen MR) is 109 cm³/mol. The van der Waals surface area contributed by atoms with Gasteiger partial charge in [0, 0.05) is 23.1 Å². The van der Waals surface area contributed by atoms with Gasteiger partial charge in [-0.15, -0.1) is 0 Å². The zero-order valence-electron chi connectivity index (χ0n) is 15.9. The first-order valence-corrected chi connectivity index (χ1v) is 11.1. The maximum atomic E-state index is 13.2. The van der Waals surface area contributed by atoms with Crippen LogP contribution in [-0.2, 0) is 21.2 Å². The van der Waals surface area contributed by atoms with Gasteiger partial charge in [-0.1, -0.05) is 48.7 Å². The van der Waals surface area contributed by atoms with E-state index >= 15 is 0 Å². The Morgan fingerprint density at radius 3 is 2.46 bits per heavy atom. The van der Waals surface area contributed by atoms with E-state index in [-0.39, 0.29) is 28.3 Å². The number of benzene rings is 2. The molecule has 1 aliphatic rings. The van der Waals surface area contributed by atoms with E-state index in [0.29, 0.717) is 5.39 Å². The van der Waals surface area contributed by atoms with Crippen molar-refractivity contribution in [3.8, 4) is 0 Å². The molecule has 28 heavy (non-hydrogen) atoms. The summed E-state index contributed by atoms with van der Waals surface area (Å²) in [6.45, 7) is 2.03. The van der Waals surface area contributed by atoms with Gasteiger partial charge in [0.25, 0.3) is 0 Å². The van der Waals surface area contributed by atoms with Gasteiger partial charge in [0.05, 0.1) is 9.79 Å². The first-order valence-electron chi connectivity index (χ1n) is 9.64. The van der Waals surface area contributed by atoms with Gasteiger partial charge >= 0.3 is 0 Å². The number of carbonyl (C=O) groups is 1. The zero-order valence-corrected chi connectivity index (χ0v) is 16.7. The third-order valence-corrected chi connectivity index (χ3v) is 7.20. The average molecular weight is 397 g/mol. The number of carbonyl (C=O) groups excluding carboxylic acids is 1. The Hall–Kier alpha value is -2.60. The third kappa shape index (κ3) is 3.56. The SMILES string of the molecule is Cc1ccc(S(=O)(=O)c2cn(CC(=O)NC3CCCC3)c3ccccc23)cc1. The number of hydrogen-bond acceptors (Lipinski definition) is 3. The van der Waals surface area contributed by atoms with E-state index in [0.717, 1.165) is 36.8 Å². The molecule has 0 saturated heterocycles. The first-order chi connectivity index (χ1) is 13.4. The summed E-state index contributed by atoms with van der Waals surface area (Å²) < 4.78 is 28.2. The Bertz CT molecular complexity index is 1110. The van der Waals surface area contributed by atoms with Crippen LogP contribution in [0.25, 0.3) is 10.9 Å². The fourth-order valence-corrected chi connectivity index (χ4v) is 5.38. The van der Waals surface area contributed by atoms with Crippen molar-refractivity contribution in [1.29, 1.82) is 0 Å². The minimum absolute atomic E-state index is 0.0769. The maximum Gasteiger partial charge on any atom is 0.240 e. The number of nitrogens with zero attached hydrogens (tertiary/aromatic N) is 1. The van der Waals surface area contributed by atoms with Crippen molar-refractivity contribution in [1.82, 2.24) is 9.88 Å². The molecule has 2 aromatic carbocycles. The molecular weight excluding hydrogens is 372 g/mol. The fourth-order valence-electron chi connectivity index (χ4n) is 3.90. The highest BCUT2D eigenvalue weighted by atomic mass is 32.2. The summed E-state index contributed by atoms with van der Waals surface area (Å²) in [5.74, 6) is -0.0769. The van der Waals surface area contributed by atoms with Crippen LogP contribution in [0.5, 0.6) is 0 Å². The molecule has 1 aliphatic carbocycles. The number of rotatable bonds is 5. The molecule has 1 N–H and O–H groups in total. The second kappa shape index (κ2) is 7.43. The van der Waals surface area contributed by atoms with Gasteiger partial charge in [-0.3, -0.25) is 4.79 Å². The van der Waals surface area contributed by atoms with Crippen LogP contribution in [0.1, 0.15) is 31.2 Å². The van der Waals surface area contributed by atoms with Crippen LogP contribution in [0, 0.1) is 6.92 Å². The normalized spacial score (nSPS) is 15.2. The Labute approximate surface area is 165 Å². The number of sulfone groups is 1. The lowest BCUT2D eigenvalue weighted by atomic mass is 10.2. The van der Waals surface area contributed by atoms with Crippen molar-refractivity contribution in [2.45, 2.75) is 55.0 Å². The van der Waals surface area contributed by atoms with Crippen molar-refractivity contribution in [2.75, 3.05) is 0 Å². The predicted octanol–water partition coefficient (Wildman–Crippen LogP) is 3.84. The summed E-state index contributed by atoms with van der Waals surface area (Å²) in [5, 5.41) is 3.70. The molecule has 0 spiro atoms. The van der Waals surface area contributed by atoms with Crippen molar-refractivity contribution in [2.24, 2.45) is 0 Å². The molecule has 0 unspecified atom stereocenters. The van der Waals surface area contributed by atoms with Crippen LogP contribution in [0.3, 0.4) is 0 Å². The lowest BCUT2D eigenvalue weighted by Gasteiger charge is -2.12. The molecule has 3 aromatic rings. The number of amides is 1. The second-order valence-electron chi connectivity index (χ2n) is 7.50. The molecule has 0 bridgehead atoms. The lowest BCUT2D eigenvalue weighted by Crippen LogP contribution is -2.35. The lowest BCUT2D eigenvalue weighted by molar-refractivity contribution is -0.122. The Morgan fingerprint density at radius 2 is 1.75 bits per heavy atom. The van der Waals surface area contributed by atoms with E-state index in [2.05, 4.69) is 5.32 Å². The minimum Gasteiger partial charge on any atom is -0.352 e. The molecule has 0 aliphatic heterocycles. The zero-order chi connectivity index (χ0) is 19.7. The van der Waals surface area contributed by atoms with Crippen molar-refractivity contribution in [3.63, 3.8) is 0 Å². The second-order valence-corrected chi connectivity index (χ2v) is 9.42. The van der Waals surface area contributed by atoms with Crippen LogP contribution in [0.15, 0.2) is 64.5 Å². The third-order valence-electron chi connectivity index (χ3n) is 5.41. The summed E-state index contributed by atoms with van der Waals surface area (Å²) in [6, 6.07) is 14.4. The summed E-state index contributed by atoms with van der Waals surface area (Å²) in [7, 11) is -3.67. The highest BCUT2D eigenvalue weighted by Crippen LogP contribution is 2.30. The molecule has 1 saturated carbocycles. The van der Waals surface area contributed by atoms with Gasteiger partial charge in [0.2, 0.25) is 15.7 Å². The largest absolute Gasteiger partial charge is 0.352 e. The van der Waals surface area contributed by atoms with E-state index < -0.39 is 9.84 Å². The summed E-state index contributed by atoms with van der Waals surface area (Å²) >= 11 is 0. The number of aryl methyl sites for hydroxylation is 1. The number of aromatic nitrogens is 1. The van der Waals surface area contributed by atoms with E-state index in [1.54, 1.807) is 41.1 Å². The Kier molecular flexibility index (Phi) is 4.98. The van der Waals surface area contributed by atoms with Crippen molar-refractivity contribution < 1.29 is 13.2 Å². The van der Waals surface area contributed by atoms with Crippen molar-refractivity contribution >= 4 is 26.6 Å². The average Bonchev–Trinajstić information content (AvgIpc) is 3.31. The number of para-hydroxylation sites is 1. The van der Waals surface area contributed by atoms with Gasteiger partial charge in [-0.2, -0.15) is 0 Å². The van der Waals surface area contributed by atoms with Crippen LogP contribution < -0.4 is 5.32 Å². The van der Waals surface area contributed by atoms with Crippen LogP contribution in [0.4, 0.5) is 0 Å². The van der Waals surface area contributed by atoms with Gasteiger partial charge in [-0.25, -0.2) is 8.42 Å². The molecule has 1 amide bonds. The Morgan fingerprint density at radius 1 is 1.07 bits per heavy atom.